The van der Waals surface area contributed by atoms with Gasteiger partial charge in [0.2, 0.25) is 5.89 Å². The van der Waals surface area contributed by atoms with E-state index in [0.717, 1.165) is 10.0 Å². The van der Waals surface area contributed by atoms with Crippen LogP contribution >= 0.6 is 27.5 Å². The molecule has 18 heavy (non-hydrogen) atoms. The van der Waals surface area contributed by atoms with Gasteiger partial charge in [-0.15, -0.1) is 21.8 Å². The van der Waals surface area contributed by atoms with Crippen LogP contribution in [0.15, 0.2) is 27.1 Å². The van der Waals surface area contributed by atoms with Crippen molar-refractivity contribution in [2.45, 2.75) is 25.8 Å². The van der Waals surface area contributed by atoms with E-state index in [4.69, 9.17) is 20.8 Å². The van der Waals surface area contributed by atoms with Gasteiger partial charge in [-0.2, -0.15) is 0 Å². The van der Waals surface area contributed by atoms with Crippen molar-refractivity contribution in [3.63, 3.8) is 0 Å². The maximum atomic E-state index is 5.72. The summed E-state index contributed by atoms with van der Waals surface area (Å²) in [7, 11) is 0. The summed E-state index contributed by atoms with van der Waals surface area (Å²) in [5.41, 5.74) is 0.752. The van der Waals surface area contributed by atoms with E-state index in [1.165, 1.54) is 0 Å². The fourth-order valence-electron chi connectivity index (χ4n) is 1.44. The van der Waals surface area contributed by atoms with Crippen LogP contribution in [-0.2, 0) is 5.88 Å². The van der Waals surface area contributed by atoms with Crippen molar-refractivity contribution < 1.29 is 9.15 Å². The summed E-state index contributed by atoms with van der Waals surface area (Å²) in [6.45, 7) is 3.92. The summed E-state index contributed by atoms with van der Waals surface area (Å²) in [6, 6.07) is 5.65. The molecule has 0 bridgehead atoms. The summed E-state index contributed by atoms with van der Waals surface area (Å²) < 4.78 is 12.1. The van der Waals surface area contributed by atoms with Gasteiger partial charge >= 0.3 is 0 Å². The molecule has 0 N–H and O–H groups in total. The van der Waals surface area contributed by atoms with Crippen LogP contribution in [0, 0.1) is 0 Å². The van der Waals surface area contributed by atoms with Crippen LogP contribution in [0.5, 0.6) is 5.75 Å². The van der Waals surface area contributed by atoms with Gasteiger partial charge < -0.3 is 9.15 Å². The molecule has 1 aromatic heterocycles. The molecule has 2 aromatic rings. The van der Waals surface area contributed by atoms with E-state index in [1.807, 2.05) is 32.0 Å². The zero-order chi connectivity index (χ0) is 13.1. The normalized spacial score (nSPS) is 10.9. The highest BCUT2D eigenvalue weighted by molar-refractivity contribution is 9.10. The zero-order valence-corrected chi connectivity index (χ0v) is 12.3. The fourth-order valence-corrected chi connectivity index (χ4v) is 1.91. The van der Waals surface area contributed by atoms with E-state index in [9.17, 15) is 0 Å². The van der Waals surface area contributed by atoms with Gasteiger partial charge in [-0.25, -0.2) is 0 Å². The maximum Gasteiger partial charge on any atom is 0.251 e. The number of benzene rings is 1. The topological polar surface area (TPSA) is 48.2 Å². The molecule has 96 valence electrons. The number of nitrogens with zero attached hydrogens (tertiary/aromatic N) is 2. The van der Waals surface area contributed by atoms with Gasteiger partial charge in [0.15, 0.2) is 0 Å². The number of hydrogen-bond donors (Lipinski definition) is 0. The van der Waals surface area contributed by atoms with Gasteiger partial charge in [0.25, 0.3) is 5.89 Å². The number of ether oxygens (including phenoxy) is 1. The lowest BCUT2D eigenvalue weighted by Crippen LogP contribution is -2.06. The summed E-state index contributed by atoms with van der Waals surface area (Å²) in [6.07, 6.45) is 0.0698. The minimum atomic E-state index is 0.0698. The molecular formula is C12H12BrClN2O2. The Labute approximate surface area is 118 Å². The molecule has 6 heteroatoms. The SMILES string of the molecule is CC(C)Oc1ccc(Br)cc1-c1nnc(CCl)o1. The summed E-state index contributed by atoms with van der Waals surface area (Å²) in [5, 5.41) is 7.81. The van der Waals surface area contributed by atoms with Crippen molar-refractivity contribution >= 4 is 27.5 Å². The number of halogens is 2. The minimum absolute atomic E-state index is 0.0698. The third kappa shape index (κ3) is 3.03. The van der Waals surface area contributed by atoms with E-state index in [2.05, 4.69) is 26.1 Å². The third-order valence-corrected chi connectivity index (χ3v) is 2.84. The van der Waals surface area contributed by atoms with Crippen molar-refractivity contribution in [1.82, 2.24) is 10.2 Å². The predicted molar refractivity (Wildman–Crippen MR) is 72.8 cm³/mol. The third-order valence-electron chi connectivity index (χ3n) is 2.12. The van der Waals surface area contributed by atoms with Crippen molar-refractivity contribution in [3.8, 4) is 17.2 Å². The van der Waals surface area contributed by atoms with Gasteiger partial charge in [-0.1, -0.05) is 15.9 Å². The average molecular weight is 332 g/mol. The van der Waals surface area contributed by atoms with Crippen LogP contribution in [0.25, 0.3) is 11.5 Å². The van der Waals surface area contributed by atoms with Crippen LogP contribution in [0.1, 0.15) is 19.7 Å². The Hall–Kier alpha value is -1.07. The van der Waals surface area contributed by atoms with Gasteiger partial charge in [-0.3, -0.25) is 0 Å². The van der Waals surface area contributed by atoms with E-state index in [1.54, 1.807) is 0 Å². The van der Waals surface area contributed by atoms with Gasteiger partial charge in [0.1, 0.15) is 11.6 Å². The van der Waals surface area contributed by atoms with E-state index >= 15 is 0 Å². The quantitative estimate of drug-likeness (QED) is 0.794. The van der Waals surface area contributed by atoms with Gasteiger partial charge in [0.05, 0.1) is 11.7 Å². The lowest BCUT2D eigenvalue weighted by molar-refractivity contribution is 0.243. The van der Waals surface area contributed by atoms with Crippen molar-refractivity contribution in [1.29, 1.82) is 0 Å². The van der Waals surface area contributed by atoms with Crippen molar-refractivity contribution in [2.75, 3.05) is 0 Å². The first-order valence-corrected chi connectivity index (χ1v) is 6.78. The predicted octanol–water partition coefficient (Wildman–Crippen LogP) is 4.03. The molecule has 0 fully saturated rings. The molecular weight excluding hydrogens is 320 g/mol. The summed E-state index contributed by atoms with van der Waals surface area (Å²) in [4.78, 5) is 0. The molecule has 0 atom stereocenters. The fraction of sp³-hybridized carbons (Fsp3) is 0.333. The molecule has 1 aromatic carbocycles. The van der Waals surface area contributed by atoms with Crippen LogP contribution in [-0.4, -0.2) is 16.3 Å². The van der Waals surface area contributed by atoms with E-state index < -0.39 is 0 Å². The lowest BCUT2D eigenvalue weighted by Gasteiger charge is -2.12. The Morgan fingerprint density at radius 3 is 2.78 bits per heavy atom. The second-order valence-corrected chi connectivity index (χ2v) is 5.12. The summed E-state index contributed by atoms with van der Waals surface area (Å²) in [5.74, 6) is 1.70. The number of aromatic nitrogens is 2. The Balaban J connectivity index is 2.43. The standard InChI is InChI=1S/C12H12BrClN2O2/c1-7(2)17-10-4-3-8(13)5-9(10)12-16-15-11(6-14)18-12/h3-5,7H,6H2,1-2H3. The highest BCUT2D eigenvalue weighted by atomic mass is 79.9. The van der Waals surface area contributed by atoms with E-state index in [0.29, 0.717) is 17.5 Å². The summed E-state index contributed by atoms with van der Waals surface area (Å²) >= 11 is 9.06. The average Bonchev–Trinajstić information content (AvgIpc) is 2.79. The largest absolute Gasteiger partial charge is 0.490 e. The van der Waals surface area contributed by atoms with Gasteiger partial charge in [-0.05, 0) is 32.0 Å². The van der Waals surface area contributed by atoms with Crippen LogP contribution < -0.4 is 4.74 Å². The monoisotopic (exact) mass is 330 g/mol. The molecule has 0 unspecified atom stereocenters. The molecule has 0 aliphatic rings. The molecule has 0 spiro atoms. The molecule has 2 rings (SSSR count). The molecule has 0 saturated carbocycles. The zero-order valence-electron chi connectivity index (χ0n) is 9.98. The number of hydrogen-bond acceptors (Lipinski definition) is 4. The van der Waals surface area contributed by atoms with Crippen molar-refractivity contribution in [2.24, 2.45) is 0 Å². The molecule has 0 amide bonds. The molecule has 0 aliphatic carbocycles. The van der Waals surface area contributed by atoms with Crippen LogP contribution in [0.2, 0.25) is 0 Å². The minimum Gasteiger partial charge on any atom is -0.490 e. The maximum absolute atomic E-state index is 5.72. The molecule has 1 heterocycles. The first kappa shape index (κ1) is 13.4. The Morgan fingerprint density at radius 2 is 2.17 bits per heavy atom. The highest BCUT2D eigenvalue weighted by Crippen LogP contribution is 2.32. The second-order valence-electron chi connectivity index (χ2n) is 3.94. The molecule has 0 saturated heterocycles. The van der Waals surface area contributed by atoms with Crippen molar-refractivity contribution in [3.05, 3.63) is 28.6 Å². The smallest absolute Gasteiger partial charge is 0.251 e. The lowest BCUT2D eigenvalue weighted by atomic mass is 10.2. The Morgan fingerprint density at radius 1 is 1.39 bits per heavy atom. The Kier molecular flexibility index (Phi) is 4.24. The first-order chi connectivity index (χ1) is 8.60. The van der Waals surface area contributed by atoms with E-state index in [-0.39, 0.29) is 12.0 Å². The second kappa shape index (κ2) is 5.71. The highest BCUT2D eigenvalue weighted by Gasteiger charge is 2.15. The van der Waals surface area contributed by atoms with Crippen LogP contribution in [0.4, 0.5) is 0 Å². The Bertz CT molecular complexity index is 543. The number of alkyl halides is 1. The first-order valence-electron chi connectivity index (χ1n) is 5.45. The molecule has 4 nitrogen and oxygen atoms in total. The van der Waals surface area contributed by atoms with Gasteiger partial charge in [0, 0.05) is 4.47 Å². The molecule has 0 aliphatic heterocycles. The number of rotatable bonds is 4. The van der Waals surface area contributed by atoms with Crippen LogP contribution in [0.3, 0.4) is 0 Å². The molecule has 0 radical (unpaired) electrons.